The summed E-state index contributed by atoms with van der Waals surface area (Å²) in [6.45, 7) is 0. The first-order valence-corrected chi connectivity index (χ1v) is 14.2. The van der Waals surface area contributed by atoms with Crippen LogP contribution < -0.4 is 69.3 Å². The van der Waals surface area contributed by atoms with Crippen LogP contribution in [-0.2, 0) is 20.2 Å². The summed E-state index contributed by atoms with van der Waals surface area (Å²) in [6.07, 6.45) is 0. The molecule has 0 aromatic heterocycles. The molecule has 2 N–H and O–H groups in total. The zero-order chi connectivity index (χ0) is 28.7. The predicted molar refractivity (Wildman–Crippen MR) is 141 cm³/mol. The maximum absolute atomic E-state index is 13.0. The minimum atomic E-state index is -4.79. The SMILES string of the molecule is O=S(=O)(O)c1ccc(N=Nc2ccc(N=Nc3cc(S(=O)(=O)O)c4cccc([O-])c4c3[O-])c3ccccc23)cc1.[Na+].[Na+]. The van der Waals surface area contributed by atoms with E-state index in [1.807, 2.05) is 0 Å². The standard InChI is InChI=1S/C26H18N4O8S2.2Na/c31-23-7-3-6-19-24(40(36,37)38)14-22(26(32)25(19)23)30-29-21-13-12-20(17-4-1-2-5-18(17)21)28-27-15-8-10-16(11-9-15)39(33,34)35;;/h1-14,31-32H,(H,33,34,35)(H,36,37,38);;/q;2*+1/p-2. The fourth-order valence-electron chi connectivity index (χ4n) is 4.00. The van der Waals surface area contributed by atoms with Crippen LogP contribution in [-0.4, -0.2) is 25.9 Å². The van der Waals surface area contributed by atoms with Gasteiger partial charge in [0.2, 0.25) is 0 Å². The van der Waals surface area contributed by atoms with Gasteiger partial charge in [0.1, 0.15) is 4.90 Å². The van der Waals surface area contributed by atoms with Crippen LogP contribution >= 0.6 is 0 Å². The van der Waals surface area contributed by atoms with Crippen LogP contribution in [0.4, 0.5) is 22.7 Å². The van der Waals surface area contributed by atoms with Crippen LogP contribution in [0.25, 0.3) is 21.5 Å². The molecule has 0 aliphatic rings. The van der Waals surface area contributed by atoms with E-state index in [-0.39, 0.29) is 75.1 Å². The minimum absolute atomic E-state index is 0. The first-order valence-electron chi connectivity index (χ1n) is 11.3. The van der Waals surface area contributed by atoms with Crippen molar-refractivity contribution in [1.29, 1.82) is 0 Å². The smallest absolute Gasteiger partial charge is 0.872 e. The number of benzene rings is 5. The molecular formula is C26H16N4Na2O8S2. The maximum Gasteiger partial charge on any atom is 1.00 e. The Morgan fingerprint density at radius 1 is 0.571 bits per heavy atom. The van der Waals surface area contributed by atoms with Crippen molar-refractivity contribution in [3.8, 4) is 11.5 Å². The van der Waals surface area contributed by atoms with Gasteiger partial charge in [-0.05, 0) is 47.9 Å². The summed E-state index contributed by atoms with van der Waals surface area (Å²) >= 11 is 0. The van der Waals surface area contributed by atoms with E-state index in [0.29, 0.717) is 22.1 Å². The van der Waals surface area contributed by atoms with Crippen molar-refractivity contribution in [2.24, 2.45) is 20.5 Å². The minimum Gasteiger partial charge on any atom is -0.872 e. The van der Waals surface area contributed by atoms with Crippen LogP contribution in [0, 0.1) is 0 Å². The van der Waals surface area contributed by atoms with Gasteiger partial charge < -0.3 is 10.2 Å². The van der Waals surface area contributed by atoms with Gasteiger partial charge in [-0.15, -0.1) is 16.0 Å². The van der Waals surface area contributed by atoms with Crippen LogP contribution in [0.15, 0.2) is 115 Å². The van der Waals surface area contributed by atoms with E-state index in [9.17, 15) is 31.6 Å². The van der Waals surface area contributed by atoms with Crippen LogP contribution in [0.2, 0.25) is 0 Å². The first kappa shape index (κ1) is 33.7. The largest absolute Gasteiger partial charge is 1.00 e. The zero-order valence-electron chi connectivity index (χ0n) is 22.0. The number of nitrogens with zero attached hydrogens (tertiary/aromatic N) is 4. The molecule has 0 saturated heterocycles. The average molecular weight is 623 g/mol. The number of hydrogen-bond donors (Lipinski definition) is 2. The summed E-state index contributed by atoms with van der Waals surface area (Å²) in [5.41, 5.74) is 0.583. The molecular weight excluding hydrogens is 606 g/mol. The molecule has 5 aromatic carbocycles. The van der Waals surface area contributed by atoms with E-state index in [2.05, 4.69) is 20.5 Å². The Kier molecular flexibility index (Phi) is 10.7. The van der Waals surface area contributed by atoms with Gasteiger partial charge in [0.15, 0.2) is 0 Å². The monoisotopic (exact) mass is 622 g/mol. The molecule has 0 aliphatic carbocycles. The maximum atomic E-state index is 13.0. The first-order chi connectivity index (χ1) is 18.9. The van der Waals surface area contributed by atoms with Crippen LogP contribution in [0.3, 0.4) is 0 Å². The van der Waals surface area contributed by atoms with E-state index < -0.39 is 47.7 Å². The van der Waals surface area contributed by atoms with Gasteiger partial charge in [-0.1, -0.05) is 48.2 Å². The molecule has 0 saturated carbocycles. The Labute approximate surface area is 283 Å². The van der Waals surface area contributed by atoms with E-state index in [1.54, 1.807) is 30.3 Å². The van der Waals surface area contributed by atoms with Crippen molar-refractivity contribution in [2.45, 2.75) is 9.79 Å². The molecule has 16 heteroatoms. The predicted octanol–water partition coefficient (Wildman–Crippen LogP) is -0.528. The van der Waals surface area contributed by atoms with Crippen LogP contribution in [0.1, 0.15) is 0 Å². The Morgan fingerprint density at radius 3 is 1.64 bits per heavy atom. The second-order valence-electron chi connectivity index (χ2n) is 8.40. The third-order valence-corrected chi connectivity index (χ3v) is 7.61. The van der Waals surface area contributed by atoms with E-state index in [1.165, 1.54) is 42.5 Å². The molecule has 0 atom stereocenters. The van der Waals surface area contributed by atoms with E-state index >= 15 is 0 Å². The quantitative estimate of drug-likeness (QED) is 0.143. The van der Waals surface area contributed by atoms with Gasteiger partial charge in [0, 0.05) is 16.2 Å². The zero-order valence-corrected chi connectivity index (χ0v) is 27.7. The molecule has 0 spiro atoms. The van der Waals surface area contributed by atoms with Gasteiger partial charge in [0.05, 0.1) is 27.6 Å². The van der Waals surface area contributed by atoms with E-state index in [4.69, 9.17) is 4.55 Å². The fourth-order valence-corrected chi connectivity index (χ4v) is 5.19. The molecule has 12 nitrogen and oxygen atoms in total. The molecule has 0 bridgehead atoms. The van der Waals surface area contributed by atoms with Crippen molar-refractivity contribution in [3.63, 3.8) is 0 Å². The van der Waals surface area contributed by atoms with Gasteiger partial charge >= 0.3 is 59.1 Å². The topological polar surface area (TPSA) is 204 Å². The molecule has 5 aromatic rings. The normalized spacial score (nSPS) is 12.0. The van der Waals surface area contributed by atoms with Crippen molar-refractivity contribution in [2.75, 3.05) is 0 Å². The van der Waals surface area contributed by atoms with Crippen molar-refractivity contribution in [3.05, 3.63) is 84.9 Å². The van der Waals surface area contributed by atoms with Gasteiger partial charge in [-0.2, -0.15) is 27.1 Å². The number of azo groups is 2. The Bertz CT molecular complexity index is 2090. The van der Waals surface area contributed by atoms with Gasteiger partial charge in [0.25, 0.3) is 20.2 Å². The summed E-state index contributed by atoms with van der Waals surface area (Å²) in [7, 11) is -9.13. The Morgan fingerprint density at radius 2 is 1.10 bits per heavy atom. The number of rotatable bonds is 6. The number of hydrogen-bond acceptors (Lipinski definition) is 10. The van der Waals surface area contributed by atoms with Crippen LogP contribution in [0.5, 0.6) is 11.5 Å². The molecule has 0 unspecified atom stereocenters. The second kappa shape index (κ2) is 13.3. The molecule has 202 valence electrons. The summed E-state index contributed by atoms with van der Waals surface area (Å²) in [5.74, 6) is -1.57. The summed E-state index contributed by atoms with van der Waals surface area (Å²) in [4.78, 5) is -0.923. The summed E-state index contributed by atoms with van der Waals surface area (Å²) in [6, 6.07) is 19.6. The third kappa shape index (κ3) is 7.06. The van der Waals surface area contributed by atoms with Crippen molar-refractivity contribution in [1.82, 2.24) is 0 Å². The molecule has 0 heterocycles. The second-order valence-corrected chi connectivity index (χ2v) is 11.2. The number of fused-ring (bicyclic) bond motifs is 2. The molecule has 0 radical (unpaired) electrons. The Balaban J connectivity index is 0.00000242. The van der Waals surface area contributed by atoms with Gasteiger partial charge in [-0.25, -0.2) is 0 Å². The third-order valence-electron chi connectivity index (χ3n) is 5.85. The molecule has 5 rings (SSSR count). The van der Waals surface area contributed by atoms with Crippen molar-refractivity contribution >= 4 is 64.5 Å². The fraction of sp³-hybridized carbons (Fsp3) is 0. The molecule has 42 heavy (non-hydrogen) atoms. The van der Waals surface area contributed by atoms with Gasteiger partial charge in [-0.3, -0.25) is 9.11 Å². The molecule has 0 fully saturated rings. The molecule has 0 aliphatic heterocycles. The van der Waals surface area contributed by atoms with E-state index in [0.717, 1.165) is 12.1 Å². The van der Waals surface area contributed by atoms with Crippen molar-refractivity contribution < 1.29 is 95.3 Å². The summed E-state index contributed by atoms with van der Waals surface area (Å²) < 4.78 is 65.1. The Hall–Kier alpha value is -2.76. The average Bonchev–Trinajstić information content (AvgIpc) is 2.91. The summed E-state index contributed by atoms with van der Waals surface area (Å²) in [5, 5.41) is 42.1. The molecule has 0 amide bonds.